The van der Waals surface area contributed by atoms with Crippen molar-refractivity contribution in [3.63, 3.8) is 0 Å². The number of furan rings is 2. The van der Waals surface area contributed by atoms with E-state index in [-0.39, 0.29) is 0 Å². The summed E-state index contributed by atoms with van der Waals surface area (Å²) in [4.78, 5) is 14.7. The molecule has 18 aromatic carbocycles. The summed E-state index contributed by atoms with van der Waals surface area (Å²) in [5.41, 5.74) is 20.5. The van der Waals surface area contributed by atoms with Gasteiger partial charge >= 0.3 is 0 Å². The van der Waals surface area contributed by atoms with Crippen LogP contribution >= 0.6 is 0 Å². The van der Waals surface area contributed by atoms with Crippen LogP contribution in [0.3, 0.4) is 0 Å². The monoisotopic (exact) mass is 1370 g/mol. The Kier molecular flexibility index (Phi) is 13.9. The number of rotatable bonds is 11. The molecule has 4 aromatic heterocycles. The fourth-order valence-corrected chi connectivity index (χ4v) is 17.1. The summed E-state index contributed by atoms with van der Waals surface area (Å²) >= 11 is 0. The average molecular weight is 1380 g/mol. The van der Waals surface area contributed by atoms with Crippen LogP contribution in [-0.2, 0) is 0 Å². The summed E-state index contributed by atoms with van der Waals surface area (Å²) in [6, 6.07) is 132. The zero-order chi connectivity index (χ0) is 70.9. The van der Waals surface area contributed by atoms with Gasteiger partial charge in [-0.2, -0.15) is 0 Å². The molecule has 0 radical (unpaired) electrons. The van der Waals surface area contributed by atoms with Crippen LogP contribution in [0.2, 0.25) is 0 Å². The van der Waals surface area contributed by atoms with Crippen LogP contribution in [0.25, 0.3) is 186 Å². The molecule has 22 rings (SSSR count). The molecule has 0 aliphatic rings. The Hall–Kier alpha value is -14.5. The van der Waals surface area contributed by atoms with Crippen molar-refractivity contribution >= 4 is 164 Å². The molecule has 4 heterocycles. The number of pyridine rings is 2. The minimum atomic E-state index is 0.740. The second-order valence-corrected chi connectivity index (χ2v) is 28.3. The van der Waals surface area contributed by atoms with Crippen molar-refractivity contribution in [3.05, 3.63) is 376 Å². The zero-order valence-corrected chi connectivity index (χ0v) is 58.4. The SMILES string of the molecule is c1ccc2c(c1)cc(-c1ccc(N(c3ccc(-c4cc5ccc(-c6ccc7c(-c8ccc(N(c9ccc(-c%10cc%11ccccc%11c%11ccccc%10%11)cc9)c9cc%10c(cn9)oc9ccccc9%10)cc8)cc8ccccc8c7c6)cc5c5ccccc45)cc3)c3cnc4c(c3)oc3ccccc34)cc1)c1ccccc12. The standard InChI is InChI=1S/C102H62N4O2/c1-4-20-78-69(17-1)55-90(83-25-9-7-23-81(78)83)63-35-44-73(45-36-63)105(77-59-99-102(104-61-77)89-30-14-16-32-98(89)107-99)74-46-37-64(38-47-74)92-58-72-34-33-67(53-94(72)86-28-12-11-27-85(86)92)68-43-52-87-93(57-71-19-3-6-22-80(71)95(87)54-68)66-41-50-76(51-42-66)106(101-60-96-88-29-13-15-31-97(88)108-100(96)62-103-101)75-48-39-65(40-49-75)91-56-70-18-2-5-21-79(70)82-24-8-10-26-84(82)91/h1-62H. The van der Waals surface area contributed by atoms with E-state index in [4.69, 9.17) is 18.8 Å². The lowest BCUT2D eigenvalue weighted by Crippen LogP contribution is -2.11. The van der Waals surface area contributed by atoms with Crippen molar-refractivity contribution in [2.45, 2.75) is 0 Å². The minimum absolute atomic E-state index is 0.740. The number of para-hydroxylation sites is 2. The molecule has 502 valence electrons. The first-order valence-electron chi connectivity index (χ1n) is 36.8. The summed E-state index contributed by atoms with van der Waals surface area (Å²) < 4.78 is 12.8. The van der Waals surface area contributed by atoms with Crippen LogP contribution in [0, 0.1) is 0 Å². The molecular weight excluding hydrogens is 1310 g/mol. The number of hydrogen-bond donors (Lipinski definition) is 0. The molecule has 0 saturated heterocycles. The van der Waals surface area contributed by atoms with Gasteiger partial charge in [-0.05, 0) is 251 Å². The van der Waals surface area contributed by atoms with Gasteiger partial charge in [0.15, 0.2) is 11.2 Å². The number of fused-ring (bicyclic) bond motifs is 18. The first kappa shape index (κ1) is 61.1. The number of benzene rings is 18. The predicted octanol–water partition coefficient (Wildman–Crippen LogP) is 28.8. The lowest BCUT2D eigenvalue weighted by atomic mass is 9.89. The zero-order valence-electron chi connectivity index (χ0n) is 58.4. The number of anilines is 6. The fraction of sp³-hybridized carbons (Fsp3) is 0. The van der Waals surface area contributed by atoms with Gasteiger partial charge in [0.1, 0.15) is 22.5 Å². The number of nitrogens with zero attached hydrogens (tertiary/aromatic N) is 4. The Labute approximate surface area is 621 Å². The largest absolute Gasteiger partial charge is 0.454 e. The first-order valence-corrected chi connectivity index (χ1v) is 36.8. The van der Waals surface area contributed by atoms with Crippen molar-refractivity contribution in [2.75, 3.05) is 9.80 Å². The molecule has 0 unspecified atom stereocenters. The third-order valence-electron chi connectivity index (χ3n) is 22.3. The third-order valence-corrected chi connectivity index (χ3v) is 22.3. The Morgan fingerprint density at radius 1 is 0.185 bits per heavy atom. The smallest absolute Gasteiger partial charge is 0.155 e. The van der Waals surface area contributed by atoms with E-state index in [0.717, 1.165) is 112 Å². The van der Waals surface area contributed by atoms with Crippen LogP contribution in [-0.4, -0.2) is 9.97 Å². The molecule has 0 aliphatic carbocycles. The highest BCUT2D eigenvalue weighted by atomic mass is 16.3. The molecule has 0 atom stereocenters. The van der Waals surface area contributed by atoms with E-state index in [0.29, 0.717) is 0 Å². The molecule has 6 heteroatoms. The van der Waals surface area contributed by atoms with E-state index in [2.05, 4.69) is 343 Å². The molecule has 0 spiro atoms. The minimum Gasteiger partial charge on any atom is -0.454 e. The van der Waals surface area contributed by atoms with Gasteiger partial charge in [-0.15, -0.1) is 0 Å². The quantitative estimate of drug-likeness (QED) is 0.120. The van der Waals surface area contributed by atoms with E-state index in [1.807, 2.05) is 42.7 Å². The van der Waals surface area contributed by atoms with E-state index in [1.54, 1.807) is 0 Å². The van der Waals surface area contributed by atoms with Crippen LogP contribution in [0.1, 0.15) is 0 Å². The first-order chi connectivity index (χ1) is 53.5. The summed E-state index contributed by atoms with van der Waals surface area (Å²) in [6.45, 7) is 0. The molecule has 0 amide bonds. The average Bonchev–Trinajstić information content (AvgIpc) is 1.29. The summed E-state index contributed by atoms with van der Waals surface area (Å²) in [7, 11) is 0. The number of hydrogen-bond acceptors (Lipinski definition) is 6. The van der Waals surface area contributed by atoms with Gasteiger partial charge in [-0.3, -0.25) is 4.90 Å². The van der Waals surface area contributed by atoms with Crippen LogP contribution in [0.4, 0.5) is 34.3 Å². The molecule has 0 saturated carbocycles. The lowest BCUT2D eigenvalue weighted by molar-refractivity contribution is 0.667. The second-order valence-electron chi connectivity index (χ2n) is 28.3. The Balaban J connectivity index is 0.603. The van der Waals surface area contributed by atoms with E-state index >= 15 is 0 Å². The maximum absolute atomic E-state index is 6.48. The van der Waals surface area contributed by atoms with Crippen molar-refractivity contribution < 1.29 is 8.83 Å². The summed E-state index contributed by atoms with van der Waals surface area (Å²) in [6.07, 6.45) is 3.83. The van der Waals surface area contributed by atoms with Gasteiger partial charge in [0, 0.05) is 45.0 Å². The number of aromatic nitrogens is 2. The van der Waals surface area contributed by atoms with Crippen molar-refractivity contribution in [1.82, 2.24) is 9.97 Å². The fourth-order valence-electron chi connectivity index (χ4n) is 17.1. The van der Waals surface area contributed by atoms with Crippen LogP contribution < -0.4 is 9.80 Å². The lowest BCUT2D eigenvalue weighted by Gasteiger charge is -2.25. The van der Waals surface area contributed by atoms with Crippen molar-refractivity contribution in [2.24, 2.45) is 0 Å². The normalized spacial score (nSPS) is 11.9. The summed E-state index contributed by atoms with van der Waals surface area (Å²) in [5, 5.41) is 22.6. The van der Waals surface area contributed by atoms with Crippen molar-refractivity contribution in [3.8, 4) is 55.6 Å². The van der Waals surface area contributed by atoms with Gasteiger partial charge < -0.3 is 13.7 Å². The van der Waals surface area contributed by atoms with Crippen molar-refractivity contribution in [1.29, 1.82) is 0 Å². The maximum atomic E-state index is 6.48. The molecule has 0 bridgehead atoms. The Bertz CT molecular complexity index is 7420. The van der Waals surface area contributed by atoms with Gasteiger partial charge in [0.2, 0.25) is 0 Å². The summed E-state index contributed by atoms with van der Waals surface area (Å²) in [5.74, 6) is 0.795. The molecular formula is C102H62N4O2. The molecule has 0 fully saturated rings. The van der Waals surface area contributed by atoms with Gasteiger partial charge in [0.05, 0.1) is 18.1 Å². The van der Waals surface area contributed by atoms with E-state index in [9.17, 15) is 0 Å². The van der Waals surface area contributed by atoms with Crippen LogP contribution in [0.5, 0.6) is 0 Å². The highest BCUT2D eigenvalue weighted by Crippen LogP contribution is 2.47. The topological polar surface area (TPSA) is 58.5 Å². The van der Waals surface area contributed by atoms with E-state index < -0.39 is 0 Å². The van der Waals surface area contributed by atoms with Gasteiger partial charge in [-0.1, -0.05) is 249 Å². The predicted molar refractivity (Wildman–Crippen MR) is 453 cm³/mol. The molecule has 0 N–H and O–H groups in total. The molecule has 6 nitrogen and oxygen atoms in total. The second kappa shape index (κ2) is 24.6. The van der Waals surface area contributed by atoms with E-state index in [1.165, 1.54) is 108 Å². The van der Waals surface area contributed by atoms with Crippen LogP contribution in [0.15, 0.2) is 385 Å². The molecule has 0 aliphatic heterocycles. The molecule has 108 heavy (non-hydrogen) atoms. The van der Waals surface area contributed by atoms with Gasteiger partial charge in [0.25, 0.3) is 0 Å². The highest BCUT2D eigenvalue weighted by Gasteiger charge is 2.23. The Morgan fingerprint density at radius 2 is 0.537 bits per heavy atom. The Morgan fingerprint density at radius 3 is 1.04 bits per heavy atom. The van der Waals surface area contributed by atoms with Gasteiger partial charge in [-0.25, -0.2) is 9.97 Å². The molecule has 22 aromatic rings. The third kappa shape index (κ3) is 10.0. The highest BCUT2D eigenvalue weighted by molar-refractivity contribution is 6.19. The maximum Gasteiger partial charge on any atom is 0.155 e.